The van der Waals surface area contributed by atoms with Gasteiger partial charge in [-0.15, -0.1) is 0 Å². The summed E-state index contributed by atoms with van der Waals surface area (Å²) in [4.78, 5) is 8.48. The number of aryl methyl sites for hydroxylation is 2. The standard InChI is InChI=1S/C13H16N4/c1-9-3-11(14)5-12(4-9)17-8-13-7-15-10(2)6-16-13/h3-7,17H,8,14H2,1-2H3. The van der Waals surface area contributed by atoms with Crippen LogP contribution in [0.1, 0.15) is 17.0 Å². The van der Waals surface area contributed by atoms with E-state index in [9.17, 15) is 0 Å². The number of nitrogens with two attached hydrogens (primary N) is 1. The molecule has 17 heavy (non-hydrogen) atoms. The summed E-state index contributed by atoms with van der Waals surface area (Å²) in [5, 5.41) is 3.28. The second kappa shape index (κ2) is 4.82. The number of rotatable bonds is 3. The highest BCUT2D eigenvalue weighted by Gasteiger charge is 1.98. The van der Waals surface area contributed by atoms with Crippen molar-refractivity contribution in [2.24, 2.45) is 0 Å². The lowest BCUT2D eigenvalue weighted by Crippen LogP contribution is -2.03. The van der Waals surface area contributed by atoms with Gasteiger partial charge in [0.2, 0.25) is 0 Å². The van der Waals surface area contributed by atoms with Crippen LogP contribution in [0, 0.1) is 13.8 Å². The Labute approximate surface area is 101 Å². The number of hydrogen-bond acceptors (Lipinski definition) is 4. The highest BCUT2D eigenvalue weighted by molar-refractivity contribution is 5.56. The first-order valence-electron chi connectivity index (χ1n) is 5.52. The Morgan fingerprint density at radius 2 is 1.94 bits per heavy atom. The van der Waals surface area contributed by atoms with Crippen molar-refractivity contribution in [3.63, 3.8) is 0 Å². The summed E-state index contributed by atoms with van der Waals surface area (Å²) in [5.41, 5.74) is 10.5. The Morgan fingerprint density at radius 3 is 2.59 bits per heavy atom. The SMILES string of the molecule is Cc1cc(N)cc(NCc2cnc(C)cn2)c1. The Kier molecular flexibility index (Phi) is 3.23. The van der Waals surface area contributed by atoms with Gasteiger partial charge in [0, 0.05) is 17.6 Å². The molecular weight excluding hydrogens is 212 g/mol. The third kappa shape index (κ3) is 3.17. The van der Waals surface area contributed by atoms with Crippen molar-refractivity contribution in [1.29, 1.82) is 0 Å². The summed E-state index contributed by atoms with van der Waals surface area (Å²) in [6, 6.07) is 5.91. The molecule has 3 N–H and O–H groups in total. The molecule has 0 aliphatic heterocycles. The third-order valence-electron chi connectivity index (χ3n) is 2.41. The van der Waals surface area contributed by atoms with Crippen molar-refractivity contribution in [3.05, 3.63) is 47.5 Å². The molecule has 0 fully saturated rings. The Hall–Kier alpha value is -2.10. The lowest BCUT2D eigenvalue weighted by molar-refractivity contribution is 0.984. The molecule has 0 radical (unpaired) electrons. The highest BCUT2D eigenvalue weighted by Crippen LogP contribution is 2.16. The summed E-state index contributed by atoms with van der Waals surface area (Å²) in [7, 11) is 0. The van der Waals surface area contributed by atoms with Crippen molar-refractivity contribution in [1.82, 2.24) is 9.97 Å². The van der Waals surface area contributed by atoms with E-state index in [1.54, 1.807) is 12.4 Å². The monoisotopic (exact) mass is 228 g/mol. The van der Waals surface area contributed by atoms with Crippen LogP contribution in [-0.4, -0.2) is 9.97 Å². The molecule has 1 aromatic heterocycles. The molecule has 0 aliphatic rings. The first kappa shape index (κ1) is 11.4. The fraction of sp³-hybridized carbons (Fsp3) is 0.231. The normalized spacial score (nSPS) is 10.2. The van der Waals surface area contributed by atoms with Crippen LogP contribution in [0.2, 0.25) is 0 Å². The number of benzene rings is 1. The van der Waals surface area contributed by atoms with Gasteiger partial charge in [-0.25, -0.2) is 0 Å². The molecule has 2 aromatic rings. The van der Waals surface area contributed by atoms with Crippen LogP contribution in [0.5, 0.6) is 0 Å². The van der Waals surface area contributed by atoms with Gasteiger partial charge in [0.1, 0.15) is 0 Å². The molecule has 4 nitrogen and oxygen atoms in total. The van der Waals surface area contributed by atoms with Gasteiger partial charge in [-0.2, -0.15) is 0 Å². The van der Waals surface area contributed by atoms with Gasteiger partial charge in [0.15, 0.2) is 0 Å². The molecule has 0 bridgehead atoms. The van der Waals surface area contributed by atoms with E-state index in [0.717, 1.165) is 28.3 Å². The van der Waals surface area contributed by atoms with Gasteiger partial charge >= 0.3 is 0 Å². The molecule has 88 valence electrons. The van der Waals surface area contributed by atoms with Gasteiger partial charge < -0.3 is 11.1 Å². The maximum absolute atomic E-state index is 5.78. The van der Waals surface area contributed by atoms with Crippen molar-refractivity contribution in [2.45, 2.75) is 20.4 Å². The lowest BCUT2D eigenvalue weighted by atomic mass is 10.2. The van der Waals surface area contributed by atoms with Crippen molar-refractivity contribution in [2.75, 3.05) is 11.1 Å². The molecule has 4 heteroatoms. The van der Waals surface area contributed by atoms with E-state index in [4.69, 9.17) is 5.73 Å². The van der Waals surface area contributed by atoms with E-state index in [1.807, 2.05) is 26.0 Å². The van der Waals surface area contributed by atoms with Gasteiger partial charge in [0.25, 0.3) is 0 Å². The van der Waals surface area contributed by atoms with E-state index < -0.39 is 0 Å². The molecular formula is C13H16N4. The quantitative estimate of drug-likeness (QED) is 0.791. The molecule has 0 aliphatic carbocycles. The second-order valence-electron chi connectivity index (χ2n) is 4.14. The van der Waals surface area contributed by atoms with Gasteiger partial charge in [-0.05, 0) is 37.6 Å². The highest BCUT2D eigenvalue weighted by atomic mass is 14.9. The molecule has 1 heterocycles. The van der Waals surface area contributed by atoms with Crippen LogP contribution < -0.4 is 11.1 Å². The van der Waals surface area contributed by atoms with Gasteiger partial charge in [0.05, 0.1) is 24.1 Å². The van der Waals surface area contributed by atoms with Crippen LogP contribution >= 0.6 is 0 Å². The molecule has 2 rings (SSSR count). The molecule has 0 unspecified atom stereocenters. The minimum Gasteiger partial charge on any atom is -0.399 e. The smallest absolute Gasteiger partial charge is 0.0777 e. The fourth-order valence-electron chi connectivity index (χ4n) is 1.62. The largest absolute Gasteiger partial charge is 0.399 e. The molecule has 0 spiro atoms. The third-order valence-corrected chi connectivity index (χ3v) is 2.41. The summed E-state index contributed by atoms with van der Waals surface area (Å²) < 4.78 is 0. The summed E-state index contributed by atoms with van der Waals surface area (Å²) in [6.07, 6.45) is 3.54. The zero-order chi connectivity index (χ0) is 12.3. The lowest BCUT2D eigenvalue weighted by Gasteiger charge is -2.08. The number of nitrogens with one attached hydrogen (secondary N) is 1. The van der Waals surface area contributed by atoms with Gasteiger partial charge in [-0.1, -0.05) is 0 Å². The van der Waals surface area contributed by atoms with Gasteiger partial charge in [-0.3, -0.25) is 9.97 Å². The fourth-order valence-corrected chi connectivity index (χ4v) is 1.62. The maximum atomic E-state index is 5.78. The molecule has 0 saturated heterocycles. The van der Waals surface area contributed by atoms with E-state index in [-0.39, 0.29) is 0 Å². The maximum Gasteiger partial charge on any atom is 0.0777 e. The summed E-state index contributed by atoms with van der Waals surface area (Å²) in [6.45, 7) is 4.59. The molecule has 1 aromatic carbocycles. The number of hydrogen-bond donors (Lipinski definition) is 2. The molecule has 0 saturated carbocycles. The predicted octanol–water partition coefficient (Wildman–Crippen LogP) is 2.29. The van der Waals surface area contributed by atoms with Crippen LogP contribution in [-0.2, 0) is 6.54 Å². The number of aromatic nitrogens is 2. The predicted molar refractivity (Wildman–Crippen MR) is 69.7 cm³/mol. The van der Waals surface area contributed by atoms with Crippen LogP contribution in [0.4, 0.5) is 11.4 Å². The van der Waals surface area contributed by atoms with Crippen LogP contribution in [0.25, 0.3) is 0 Å². The van der Waals surface area contributed by atoms with Crippen molar-refractivity contribution >= 4 is 11.4 Å². The first-order valence-corrected chi connectivity index (χ1v) is 5.52. The van der Waals surface area contributed by atoms with Crippen molar-refractivity contribution < 1.29 is 0 Å². The van der Waals surface area contributed by atoms with Crippen LogP contribution in [0.3, 0.4) is 0 Å². The number of anilines is 2. The second-order valence-corrected chi connectivity index (χ2v) is 4.14. The Morgan fingerprint density at radius 1 is 1.12 bits per heavy atom. The minimum atomic E-state index is 0.649. The summed E-state index contributed by atoms with van der Waals surface area (Å²) >= 11 is 0. The summed E-state index contributed by atoms with van der Waals surface area (Å²) in [5.74, 6) is 0. The number of nitrogens with zero attached hydrogens (tertiary/aromatic N) is 2. The average molecular weight is 228 g/mol. The van der Waals surface area contributed by atoms with E-state index >= 15 is 0 Å². The van der Waals surface area contributed by atoms with E-state index in [2.05, 4.69) is 21.4 Å². The van der Waals surface area contributed by atoms with E-state index in [0.29, 0.717) is 6.54 Å². The Bertz CT molecular complexity index is 485. The van der Waals surface area contributed by atoms with Crippen LogP contribution in [0.15, 0.2) is 30.6 Å². The van der Waals surface area contributed by atoms with E-state index in [1.165, 1.54) is 0 Å². The molecule has 0 amide bonds. The van der Waals surface area contributed by atoms with Crippen molar-refractivity contribution in [3.8, 4) is 0 Å². The first-order chi connectivity index (χ1) is 8.13. The minimum absolute atomic E-state index is 0.649. The zero-order valence-electron chi connectivity index (χ0n) is 10.1. The Balaban J connectivity index is 2.04. The molecule has 0 atom stereocenters. The average Bonchev–Trinajstić information content (AvgIpc) is 2.27. The number of nitrogen functional groups attached to an aromatic ring is 1. The topological polar surface area (TPSA) is 63.8 Å². The zero-order valence-corrected chi connectivity index (χ0v) is 10.1.